The van der Waals surface area contributed by atoms with Crippen LogP contribution in [0.2, 0.25) is 10.0 Å². The van der Waals surface area contributed by atoms with Crippen LogP contribution >= 0.6 is 23.2 Å². The molecule has 0 unspecified atom stereocenters. The second-order valence-corrected chi connectivity index (χ2v) is 4.46. The Kier molecular flexibility index (Phi) is 3.55. The molecule has 18 heavy (non-hydrogen) atoms. The smallest absolute Gasteiger partial charge is 0.335 e. The van der Waals surface area contributed by atoms with Crippen molar-refractivity contribution in [2.24, 2.45) is 0 Å². The van der Waals surface area contributed by atoms with Gasteiger partial charge in [0, 0.05) is 17.2 Å². The number of carbonyl (C=O) groups is 1. The van der Waals surface area contributed by atoms with Gasteiger partial charge in [-0.1, -0.05) is 29.8 Å². The number of halogens is 2. The van der Waals surface area contributed by atoms with Crippen LogP contribution in [0.15, 0.2) is 30.9 Å². The Labute approximate surface area is 114 Å². The Balaban J connectivity index is 2.73. The van der Waals surface area contributed by atoms with Gasteiger partial charge >= 0.3 is 5.97 Å². The highest BCUT2D eigenvalue weighted by atomic mass is 35.5. The minimum Gasteiger partial charge on any atom is -0.419 e. The average Bonchev–Trinajstić information content (AvgIpc) is 2.33. The van der Waals surface area contributed by atoms with Gasteiger partial charge in [-0.25, -0.2) is 9.78 Å². The second kappa shape index (κ2) is 4.96. The molecule has 0 radical (unpaired) electrons. The number of nitrogens with zero attached hydrogens (tertiary/aromatic N) is 1. The fourth-order valence-corrected chi connectivity index (χ4v) is 2.08. The summed E-state index contributed by atoms with van der Waals surface area (Å²) in [5, 5.41) is 1.38. The van der Waals surface area contributed by atoms with E-state index in [9.17, 15) is 4.79 Å². The van der Waals surface area contributed by atoms with Gasteiger partial charge in [-0.15, -0.1) is 0 Å². The number of carbonyl (C=O) groups excluding carboxylic acids is 1. The Morgan fingerprint density at radius 3 is 2.78 bits per heavy atom. The molecule has 1 aromatic heterocycles. The maximum absolute atomic E-state index is 11.3. The molecule has 5 heteroatoms. The van der Waals surface area contributed by atoms with Crippen molar-refractivity contribution in [3.05, 3.63) is 46.6 Å². The van der Waals surface area contributed by atoms with Crippen LogP contribution in [0.4, 0.5) is 0 Å². The third-order valence-corrected chi connectivity index (χ3v) is 2.94. The van der Waals surface area contributed by atoms with Gasteiger partial charge in [0.2, 0.25) is 0 Å². The minimum atomic E-state index is -0.594. The van der Waals surface area contributed by atoms with Crippen LogP contribution in [0.5, 0.6) is 5.75 Å². The van der Waals surface area contributed by atoms with Gasteiger partial charge < -0.3 is 4.74 Å². The lowest BCUT2D eigenvalue weighted by molar-refractivity contribution is -0.128. The number of aryl methyl sites for hydroxylation is 1. The lowest BCUT2D eigenvalue weighted by Gasteiger charge is -2.09. The first kappa shape index (κ1) is 12.9. The van der Waals surface area contributed by atoms with E-state index in [0.717, 1.165) is 11.8 Å². The molecule has 0 aliphatic rings. The predicted molar refractivity (Wildman–Crippen MR) is 72.3 cm³/mol. The molecule has 0 amide bonds. The van der Waals surface area contributed by atoms with Crippen LogP contribution in [0, 0.1) is 6.92 Å². The molecule has 3 nitrogen and oxygen atoms in total. The van der Waals surface area contributed by atoms with Gasteiger partial charge in [-0.3, -0.25) is 0 Å². The predicted octanol–water partition coefficient (Wildman–Crippen LogP) is 3.94. The lowest BCUT2D eigenvalue weighted by atomic mass is 10.2. The van der Waals surface area contributed by atoms with Crippen LogP contribution in [0.25, 0.3) is 10.9 Å². The van der Waals surface area contributed by atoms with Gasteiger partial charge in [0.15, 0.2) is 5.75 Å². The SMILES string of the molecule is C=CC(=O)Oc1c(Cl)cc(Cl)c2ccc(C)nc12. The first-order valence-electron chi connectivity index (χ1n) is 5.12. The van der Waals surface area contributed by atoms with E-state index in [1.54, 1.807) is 0 Å². The fraction of sp³-hybridized carbons (Fsp3) is 0.0769. The third kappa shape index (κ3) is 2.33. The number of hydrogen-bond acceptors (Lipinski definition) is 3. The molecule has 2 aromatic rings. The molecular formula is C13H9Cl2NO2. The van der Waals surface area contributed by atoms with Gasteiger partial charge in [0.05, 0.1) is 10.0 Å². The first-order chi connectivity index (χ1) is 8.52. The first-order valence-corrected chi connectivity index (χ1v) is 5.88. The molecule has 0 atom stereocenters. The zero-order valence-corrected chi connectivity index (χ0v) is 11.0. The molecule has 0 spiro atoms. The average molecular weight is 282 g/mol. The number of hydrogen-bond donors (Lipinski definition) is 0. The van der Waals surface area contributed by atoms with Crippen LogP contribution < -0.4 is 4.74 Å². The van der Waals surface area contributed by atoms with Crippen molar-refractivity contribution in [1.82, 2.24) is 4.98 Å². The van der Waals surface area contributed by atoms with E-state index in [2.05, 4.69) is 11.6 Å². The lowest BCUT2D eigenvalue weighted by Crippen LogP contribution is -2.05. The summed E-state index contributed by atoms with van der Waals surface area (Å²) >= 11 is 12.1. The van der Waals surface area contributed by atoms with Crippen molar-refractivity contribution < 1.29 is 9.53 Å². The normalized spacial score (nSPS) is 10.4. The summed E-state index contributed by atoms with van der Waals surface area (Å²) in [4.78, 5) is 15.6. The van der Waals surface area contributed by atoms with E-state index >= 15 is 0 Å². The molecule has 0 aliphatic carbocycles. The van der Waals surface area contributed by atoms with E-state index in [4.69, 9.17) is 27.9 Å². The molecule has 0 saturated carbocycles. The summed E-state index contributed by atoms with van der Waals surface area (Å²) in [6.07, 6.45) is 1.06. The zero-order chi connectivity index (χ0) is 13.3. The Morgan fingerprint density at radius 1 is 1.39 bits per heavy atom. The summed E-state index contributed by atoms with van der Waals surface area (Å²) < 4.78 is 5.11. The van der Waals surface area contributed by atoms with E-state index in [1.165, 1.54) is 6.07 Å². The molecule has 1 aromatic carbocycles. The van der Waals surface area contributed by atoms with Gasteiger partial charge in [0.1, 0.15) is 5.52 Å². The van der Waals surface area contributed by atoms with E-state index in [-0.39, 0.29) is 10.8 Å². The van der Waals surface area contributed by atoms with E-state index < -0.39 is 5.97 Å². The summed E-state index contributed by atoms with van der Waals surface area (Å²) in [5.74, 6) is -0.395. The molecule has 1 heterocycles. The number of fused-ring (bicyclic) bond motifs is 1. The van der Waals surface area contributed by atoms with Crippen molar-refractivity contribution in [2.75, 3.05) is 0 Å². The zero-order valence-electron chi connectivity index (χ0n) is 9.54. The maximum atomic E-state index is 11.3. The molecule has 0 fully saturated rings. The third-order valence-electron chi connectivity index (χ3n) is 2.35. The number of ether oxygens (including phenoxy) is 1. The minimum absolute atomic E-state index is 0.199. The molecule has 0 aliphatic heterocycles. The highest BCUT2D eigenvalue weighted by Gasteiger charge is 2.15. The van der Waals surface area contributed by atoms with Crippen molar-refractivity contribution in [3.63, 3.8) is 0 Å². The standard InChI is InChI=1S/C13H9Cl2NO2/c1-3-11(17)18-13-10(15)6-9(14)8-5-4-7(2)16-12(8)13/h3-6H,1H2,2H3. The Morgan fingerprint density at radius 2 is 2.11 bits per heavy atom. The summed E-state index contributed by atoms with van der Waals surface area (Å²) in [6.45, 7) is 5.16. The molecular weight excluding hydrogens is 273 g/mol. The number of rotatable bonds is 2. The largest absolute Gasteiger partial charge is 0.419 e. The van der Waals surface area contributed by atoms with Crippen molar-refractivity contribution in [1.29, 1.82) is 0 Å². The fourth-order valence-electron chi connectivity index (χ4n) is 1.53. The van der Waals surface area contributed by atoms with Crippen LogP contribution in [-0.2, 0) is 4.79 Å². The van der Waals surface area contributed by atoms with Gasteiger partial charge in [0.25, 0.3) is 0 Å². The summed E-state index contributed by atoms with van der Waals surface area (Å²) in [6, 6.07) is 5.15. The topological polar surface area (TPSA) is 39.2 Å². The number of esters is 1. The quantitative estimate of drug-likeness (QED) is 0.475. The summed E-state index contributed by atoms with van der Waals surface area (Å²) in [5.41, 5.74) is 1.24. The van der Waals surface area contributed by atoms with Crippen LogP contribution in [-0.4, -0.2) is 11.0 Å². The number of pyridine rings is 1. The summed E-state index contributed by atoms with van der Waals surface area (Å²) in [7, 11) is 0. The Bertz CT molecular complexity index is 653. The van der Waals surface area contributed by atoms with Gasteiger partial charge in [-0.2, -0.15) is 0 Å². The van der Waals surface area contributed by atoms with Crippen molar-refractivity contribution >= 4 is 40.1 Å². The van der Waals surface area contributed by atoms with Crippen LogP contribution in [0.3, 0.4) is 0 Å². The number of aromatic nitrogens is 1. The molecule has 2 rings (SSSR count). The molecule has 0 bridgehead atoms. The molecule has 0 saturated heterocycles. The number of benzene rings is 1. The maximum Gasteiger partial charge on any atom is 0.335 e. The highest BCUT2D eigenvalue weighted by Crippen LogP contribution is 2.37. The van der Waals surface area contributed by atoms with Gasteiger partial charge in [-0.05, 0) is 25.1 Å². The molecule has 0 N–H and O–H groups in total. The van der Waals surface area contributed by atoms with E-state index in [0.29, 0.717) is 15.9 Å². The van der Waals surface area contributed by atoms with Crippen molar-refractivity contribution in [2.45, 2.75) is 6.92 Å². The Hall–Kier alpha value is -1.58. The monoisotopic (exact) mass is 281 g/mol. The second-order valence-electron chi connectivity index (χ2n) is 3.64. The molecule has 92 valence electrons. The highest BCUT2D eigenvalue weighted by molar-refractivity contribution is 6.39. The van der Waals surface area contributed by atoms with Crippen LogP contribution in [0.1, 0.15) is 5.69 Å². The van der Waals surface area contributed by atoms with E-state index in [1.807, 2.05) is 19.1 Å². The van der Waals surface area contributed by atoms with Crippen molar-refractivity contribution in [3.8, 4) is 5.75 Å².